The molecule has 2 aromatic carbocycles. The van der Waals surface area contributed by atoms with Crippen LogP contribution >= 0.6 is 45.9 Å². The molecule has 4 aliphatic heterocycles. The van der Waals surface area contributed by atoms with Gasteiger partial charge in [0.15, 0.2) is 18.0 Å². The van der Waals surface area contributed by atoms with Crippen LogP contribution in [0.25, 0.3) is 42.7 Å². The highest BCUT2D eigenvalue weighted by molar-refractivity contribution is 7.20. The predicted molar refractivity (Wildman–Crippen MR) is 236 cm³/mol. The Morgan fingerprint density at radius 3 is 2.13 bits per heavy atom. The van der Waals surface area contributed by atoms with E-state index in [9.17, 15) is 9.90 Å². The highest BCUT2D eigenvalue weighted by atomic mass is 35.5. The molecule has 0 aliphatic carbocycles. The number of nitrogens with two attached hydrogens (primary N) is 1. The van der Waals surface area contributed by atoms with Gasteiger partial charge in [0, 0.05) is 123 Å². The van der Waals surface area contributed by atoms with Crippen molar-refractivity contribution in [3.05, 3.63) is 109 Å². The van der Waals surface area contributed by atoms with Gasteiger partial charge in [-0.25, -0.2) is 0 Å². The second-order valence-corrected chi connectivity index (χ2v) is 18.9. The molecule has 5 aromatic heterocycles. The van der Waals surface area contributed by atoms with E-state index in [1.165, 1.54) is 6.42 Å². The molecule has 0 saturated carbocycles. The number of amides is 1. The number of likely N-dealkylation sites (tertiary alicyclic amines) is 1. The minimum Gasteiger partial charge on any atom is -0.481 e. The minimum absolute atomic E-state index is 0.00224. The molecule has 1 saturated heterocycles. The van der Waals surface area contributed by atoms with Gasteiger partial charge in [0.25, 0.3) is 5.91 Å². The third-order valence-corrected chi connectivity index (χ3v) is 14.5. The molecule has 4 aliphatic rings. The van der Waals surface area contributed by atoms with Crippen LogP contribution in [0.5, 0.6) is 11.5 Å². The van der Waals surface area contributed by atoms with E-state index >= 15 is 0 Å². The maximum atomic E-state index is 13.0. The van der Waals surface area contributed by atoms with Crippen LogP contribution in [0.2, 0.25) is 10.0 Å². The SMILES string of the molecule is CN1CCc2noc(C3Cc4cc(Cl)cc(-c5ccnc6cc(CO)sc56)c4O3)c2C1.NCc1cc2nccc(-c3cc(Cl)cc4c3OC(C(=O)N3CCCCC3)C4)c2s1. The summed E-state index contributed by atoms with van der Waals surface area (Å²) in [5, 5.41) is 15.2. The van der Waals surface area contributed by atoms with E-state index < -0.39 is 6.10 Å². The monoisotopic (exact) mass is 880 g/mol. The molecule has 1 amide bonds. The van der Waals surface area contributed by atoms with Gasteiger partial charge in [0.05, 0.1) is 32.7 Å². The lowest BCUT2D eigenvalue weighted by Crippen LogP contribution is -2.43. The maximum absolute atomic E-state index is 13.0. The molecule has 0 spiro atoms. The third kappa shape index (κ3) is 7.33. The molecule has 60 heavy (non-hydrogen) atoms. The van der Waals surface area contributed by atoms with Crippen LogP contribution in [0, 0.1) is 0 Å². The number of nitrogens with zero attached hydrogens (tertiary/aromatic N) is 5. The number of carbonyl (C=O) groups excluding carboxylic acids is 1. The fraction of sp³-hybridized carbons (Fsp3) is 0.333. The number of piperidine rings is 1. The lowest BCUT2D eigenvalue weighted by atomic mass is 9.99. The number of pyridine rings is 2. The molecule has 0 radical (unpaired) electrons. The zero-order chi connectivity index (χ0) is 41.1. The summed E-state index contributed by atoms with van der Waals surface area (Å²) >= 11 is 16.2. The van der Waals surface area contributed by atoms with Gasteiger partial charge in [0.1, 0.15) is 11.5 Å². The molecule has 3 N–H and O–H groups in total. The summed E-state index contributed by atoms with van der Waals surface area (Å²) in [5.41, 5.74) is 15.7. The van der Waals surface area contributed by atoms with Gasteiger partial charge < -0.3 is 34.6 Å². The number of rotatable bonds is 6. The molecule has 15 heteroatoms. The lowest BCUT2D eigenvalue weighted by molar-refractivity contribution is -0.138. The topological polar surface area (TPSA) is 140 Å². The van der Waals surface area contributed by atoms with Gasteiger partial charge in [-0.3, -0.25) is 14.8 Å². The van der Waals surface area contributed by atoms with Gasteiger partial charge in [-0.1, -0.05) is 28.4 Å². The number of benzene rings is 2. The summed E-state index contributed by atoms with van der Waals surface area (Å²) in [6.45, 7) is 3.94. The molecular weight excluding hydrogens is 840 g/mol. The van der Waals surface area contributed by atoms with Crippen LogP contribution in [-0.4, -0.2) is 68.7 Å². The number of halogens is 2. The Labute approximate surface area is 364 Å². The number of aliphatic hydroxyl groups excluding tert-OH is 1. The van der Waals surface area contributed by atoms with Crippen LogP contribution in [0.1, 0.15) is 63.3 Å². The molecule has 9 heterocycles. The molecule has 7 aromatic rings. The van der Waals surface area contributed by atoms with E-state index in [1.807, 2.05) is 53.4 Å². The Balaban J connectivity index is 0.000000145. The van der Waals surface area contributed by atoms with E-state index in [2.05, 4.69) is 27.1 Å². The largest absolute Gasteiger partial charge is 0.481 e. The van der Waals surface area contributed by atoms with Gasteiger partial charge in [-0.2, -0.15) is 0 Å². The Morgan fingerprint density at radius 2 is 1.47 bits per heavy atom. The van der Waals surface area contributed by atoms with Crippen LogP contribution in [-0.2, 0) is 43.8 Å². The first kappa shape index (κ1) is 39.5. The van der Waals surface area contributed by atoms with E-state index in [1.54, 1.807) is 35.1 Å². The highest BCUT2D eigenvalue weighted by Crippen LogP contribution is 2.49. The molecule has 308 valence electrons. The van der Waals surface area contributed by atoms with Gasteiger partial charge in [-0.05, 0) is 74.8 Å². The predicted octanol–water partition coefficient (Wildman–Crippen LogP) is 9.15. The summed E-state index contributed by atoms with van der Waals surface area (Å²) in [6, 6.07) is 15.7. The van der Waals surface area contributed by atoms with E-state index in [0.29, 0.717) is 29.4 Å². The molecule has 11 rings (SSSR count). The Morgan fingerprint density at radius 1 is 0.833 bits per heavy atom. The molecule has 2 unspecified atom stereocenters. The van der Waals surface area contributed by atoms with E-state index in [4.69, 9.17) is 42.9 Å². The fourth-order valence-corrected chi connectivity index (χ4v) is 11.4. The average Bonchev–Trinajstić information content (AvgIpc) is 4.11. The summed E-state index contributed by atoms with van der Waals surface area (Å²) in [7, 11) is 2.11. The number of likely N-dealkylation sites (N-methyl/N-ethyl adjacent to an activating group) is 1. The number of carbonyl (C=O) groups is 1. The smallest absolute Gasteiger partial charge is 0.263 e. The van der Waals surface area contributed by atoms with Crippen molar-refractivity contribution in [3.63, 3.8) is 0 Å². The first-order valence-corrected chi connectivity index (χ1v) is 22.6. The van der Waals surface area contributed by atoms with Gasteiger partial charge in [0.2, 0.25) is 0 Å². The van der Waals surface area contributed by atoms with Crippen molar-refractivity contribution in [3.8, 4) is 33.8 Å². The molecule has 2 atom stereocenters. The quantitative estimate of drug-likeness (QED) is 0.166. The number of hydrogen-bond donors (Lipinski definition) is 2. The number of fused-ring (bicyclic) bond motifs is 5. The van der Waals surface area contributed by atoms with Crippen LogP contribution in [0.3, 0.4) is 0 Å². The highest BCUT2D eigenvalue weighted by Gasteiger charge is 2.37. The van der Waals surface area contributed by atoms with Crippen molar-refractivity contribution in [2.45, 2.75) is 70.4 Å². The average molecular weight is 882 g/mol. The molecule has 0 bridgehead atoms. The van der Waals surface area contributed by atoms with Crippen molar-refractivity contribution in [2.24, 2.45) is 5.73 Å². The minimum atomic E-state index is -0.472. The summed E-state index contributed by atoms with van der Waals surface area (Å²) < 4.78 is 20.6. The molecule has 11 nitrogen and oxygen atoms in total. The number of aromatic nitrogens is 3. The Kier molecular flexibility index (Phi) is 10.8. The first-order chi connectivity index (χ1) is 29.2. The zero-order valence-corrected chi connectivity index (χ0v) is 36.0. The van der Waals surface area contributed by atoms with Gasteiger partial charge in [-0.15, -0.1) is 22.7 Å². The third-order valence-electron chi connectivity index (χ3n) is 11.7. The Hall–Kier alpha value is -4.60. The normalized spacial score (nSPS) is 18.4. The van der Waals surface area contributed by atoms with Gasteiger partial charge >= 0.3 is 0 Å². The molecule has 1 fully saturated rings. The lowest BCUT2D eigenvalue weighted by Gasteiger charge is -2.28. The van der Waals surface area contributed by atoms with Crippen molar-refractivity contribution in [2.75, 3.05) is 26.7 Å². The van der Waals surface area contributed by atoms with Crippen molar-refractivity contribution < 1.29 is 23.9 Å². The zero-order valence-electron chi connectivity index (χ0n) is 32.9. The van der Waals surface area contributed by atoms with Crippen LogP contribution < -0.4 is 15.2 Å². The van der Waals surface area contributed by atoms with E-state index in [-0.39, 0.29) is 18.6 Å². The number of ether oxygens (including phenoxy) is 2. The van der Waals surface area contributed by atoms with E-state index in [0.717, 1.165) is 138 Å². The van der Waals surface area contributed by atoms with Crippen molar-refractivity contribution in [1.29, 1.82) is 0 Å². The second-order valence-electron chi connectivity index (χ2n) is 15.8. The summed E-state index contributed by atoms with van der Waals surface area (Å²) in [5.74, 6) is 2.50. The van der Waals surface area contributed by atoms with Crippen molar-refractivity contribution in [1.82, 2.24) is 24.9 Å². The maximum Gasteiger partial charge on any atom is 0.263 e. The Bertz CT molecular complexity index is 2780. The summed E-state index contributed by atoms with van der Waals surface area (Å²) in [4.78, 5) is 28.1. The fourth-order valence-electron chi connectivity index (χ4n) is 8.85. The molecular formula is C45H42Cl2N6O5S2. The van der Waals surface area contributed by atoms with Crippen LogP contribution in [0.15, 0.2) is 65.4 Å². The van der Waals surface area contributed by atoms with Crippen molar-refractivity contribution >= 4 is 72.2 Å². The number of hydrogen-bond acceptors (Lipinski definition) is 12. The first-order valence-electron chi connectivity index (χ1n) is 20.2. The van der Waals surface area contributed by atoms with Crippen LogP contribution in [0.4, 0.5) is 0 Å². The number of thiophene rings is 2. The second kappa shape index (κ2) is 16.4. The standard InChI is InChI=1S/C23H20ClN3O3S.C22H22ClN3O2S/c1-27-5-3-18-17(10-27)22(30-26-18)20-7-12-6-13(24)8-16(21(12)29-20)15-2-4-25-19-9-14(11-28)31-23(15)19;23-14-8-13-9-19(22(27)26-6-2-1-3-7-26)28-20(13)17(10-14)16-4-5-25-18-11-15(12-24)29-21(16)18/h2,4,6,8-9,20,28H,3,5,7,10-11H2,1H3;4-5,8,10-11,19H,1-3,6-7,9,12,24H2. The summed E-state index contributed by atoms with van der Waals surface area (Å²) in [6.07, 6.45) is 8.37. The number of aliphatic hydroxyl groups is 1.